The lowest BCUT2D eigenvalue weighted by Crippen LogP contribution is -2.33. The zero-order valence-corrected chi connectivity index (χ0v) is 9.81. The average molecular weight is 233 g/mol. The van der Waals surface area contributed by atoms with Crippen LogP contribution in [0.3, 0.4) is 0 Å². The second-order valence-corrected chi connectivity index (χ2v) is 4.03. The lowest BCUT2D eigenvalue weighted by Gasteiger charge is -2.14. The van der Waals surface area contributed by atoms with E-state index in [0.29, 0.717) is 18.7 Å². The van der Waals surface area contributed by atoms with Gasteiger partial charge in [-0.2, -0.15) is 0 Å². The number of para-hydroxylation sites is 1. The molecule has 1 fully saturated rings. The van der Waals surface area contributed by atoms with Gasteiger partial charge in [0, 0.05) is 18.5 Å². The summed E-state index contributed by atoms with van der Waals surface area (Å²) in [5.41, 5.74) is 0.819. The summed E-state index contributed by atoms with van der Waals surface area (Å²) in [4.78, 5) is 24.7. The Labute approximate surface area is 100 Å². The fourth-order valence-corrected chi connectivity index (χ4v) is 2.02. The quantitative estimate of drug-likeness (QED) is 0.792. The Morgan fingerprint density at radius 2 is 2.18 bits per heavy atom. The van der Waals surface area contributed by atoms with E-state index in [9.17, 15) is 9.59 Å². The Hall–Kier alpha value is -1.84. The van der Waals surface area contributed by atoms with E-state index >= 15 is 0 Å². The molecule has 0 saturated carbocycles. The van der Waals surface area contributed by atoms with Gasteiger partial charge in [0.1, 0.15) is 5.75 Å². The van der Waals surface area contributed by atoms with Gasteiger partial charge >= 0.3 is 0 Å². The molecule has 17 heavy (non-hydrogen) atoms. The van der Waals surface area contributed by atoms with Gasteiger partial charge in [0.05, 0.1) is 13.5 Å². The maximum atomic E-state index is 11.9. The Kier molecular flexibility index (Phi) is 3.42. The molecule has 0 aliphatic carbocycles. The molecule has 1 saturated heterocycles. The number of amides is 2. The van der Waals surface area contributed by atoms with Crippen molar-refractivity contribution in [3.8, 4) is 5.75 Å². The van der Waals surface area contributed by atoms with Gasteiger partial charge in [-0.25, -0.2) is 0 Å². The average Bonchev–Trinajstić information content (AvgIpc) is 2.76. The molecule has 4 heteroatoms. The number of rotatable bonds is 3. The van der Waals surface area contributed by atoms with E-state index in [1.807, 2.05) is 24.3 Å². The van der Waals surface area contributed by atoms with E-state index in [2.05, 4.69) is 0 Å². The lowest BCUT2D eigenvalue weighted by atomic mass is 10.1. The van der Waals surface area contributed by atoms with Gasteiger partial charge in [0.25, 0.3) is 0 Å². The van der Waals surface area contributed by atoms with Crippen LogP contribution in [0, 0.1) is 0 Å². The van der Waals surface area contributed by atoms with Crippen molar-refractivity contribution in [1.29, 1.82) is 0 Å². The van der Waals surface area contributed by atoms with Crippen LogP contribution >= 0.6 is 0 Å². The van der Waals surface area contributed by atoms with E-state index < -0.39 is 0 Å². The highest BCUT2D eigenvalue weighted by Gasteiger charge is 2.26. The molecule has 1 heterocycles. The zero-order valence-electron chi connectivity index (χ0n) is 9.81. The van der Waals surface area contributed by atoms with Gasteiger partial charge in [0.15, 0.2) is 0 Å². The van der Waals surface area contributed by atoms with Crippen molar-refractivity contribution in [2.45, 2.75) is 19.3 Å². The topological polar surface area (TPSA) is 46.6 Å². The molecule has 0 radical (unpaired) electrons. The molecule has 2 rings (SSSR count). The fraction of sp³-hybridized carbons (Fsp3) is 0.385. The molecule has 1 aromatic carbocycles. The number of hydrogen-bond donors (Lipinski definition) is 0. The second kappa shape index (κ2) is 4.99. The minimum atomic E-state index is -0.142. The number of likely N-dealkylation sites (tertiary alicyclic amines) is 1. The highest BCUT2D eigenvalue weighted by molar-refractivity contribution is 5.97. The predicted octanol–water partition coefficient (Wildman–Crippen LogP) is 1.39. The molecule has 1 aliphatic heterocycles. The van der Waals surface area contributed by atoms with E-state index in [1.54, 1.807) is 7.11 Å². The smallest absolute Gasteiger partial charge is 0.233 e. The van der Waals surface area contributed by atoms with E-state index in [-0.39, 0.29) is 18.2 Å². The Morgan fingerprint density at radius 3 is 2.82 bits per heavy atom. The molecule has 0 bridgehead atoms. The Bertz CT molecular complexity index is 442. The highest BCUT2D eigenvalue weighted by Crippen LogP contribution is 2.20. The summed E-state index contributed by atoms with van der Waals surface area (Å²) in [5, 5.41) is 0. The monoisotopic (exact) mass is 233 g/mol. The summed E-state index contributed by atoms with van der Waals surface area (Å²) >= 11 is 0. The van der Waals surface area contributed by atoms with Crippen LogP contribution in [0.5, 0.6) is 5.75 Å². The van der Waals surface area contributed by atoms with E-state index in [1.165, 1.54) is 4.90 Å². The van der Waals surface area contributed by atoms with Crippen LogP contribution in [-0.2, 0) is 16.0 Å². The van der Waals surface area contributed by atoms with Gasteiger partial charge in [-0.05, 0) is 12.5 Å². The standard InChI is InChI=1S/C13H15NO3/c1-17-11-6-3-2-5-10(11)9-13(16)14-8-4-7-12(14)15/h2-3,5-6H,4,7-9H2,1H3. The number of methoxy groups -OCH3 is 1. The number of benzene rings is 1. The third kappa shape index (κ3) is 2.46. The molecule has 4 nitrogen and oxygen atoms in total. The fourth-order valence-electron chi connectivity index (χ4n) is 2.02. The van der Waals surface area contributed by atoms with Crippen LogP contribution in [0.4, 0.5) is 0 Å². The van der Waals surface area contributed by atoms with Crippen molar-refractivity contribution >= 4 is 11.8 Å². The largest absolute Gasteiger partial charge is 0.496 e. The van der Waals surface area contributed by atoms with Crippen molar-refractivity contribution in [3.05, 3.63) is 29.8 Å². The first-order valence-electron chi connectivity index (χ1n) is 5.67. The summed E-state index contributed by atoms with van der Waals surface area (Å²) in [6.07, 6.45) is 1.48. The number of ether oxygens (including phenoxy) is 1. The van der Waals surface area contributed by atoms with Gasteiger partial charge in [-0.3, -0.25) is 14.5 Å². The van der Waals surface area contributed by atoms with Gasteiger partial charge in [-0.1, -0.05) is 18.2 Å². The summed E-state index contributed by atoms with van der Waals surface area (Å²) in [6.45, 7) is 0.548. The van der Waals surface area contributed by atoms with Gasteiger partial charge < -0.3 is 4.74 Å². The zero-order chi connectivity index (χ0) is 12.3. The lowest BCUT2D eigenvalue weighted by molar-refractivity contribution is -0.141. The number of carbonyl (C=O) groups excluding carboxylic acids is 2. The van der Waals surface area contributed by atoms with Crippen LogP contribution in [-0.4, -0.2) is 30.4 Å². The molecule has 2 amide bonds. The summed E-state index contributed by atoms with van der Waals surface area (Å²) in [6, 6.07) is 7.37. The van der Waals surface area contributed by atoms with Crippen LogP contribution < -0.4 is 4.74 Å². The predicted molar refractivity (Wildman–Crippen MR) is 62.7 cm³/mol. The Morgan fingerprint density at radius 1 is 1.41 bits per heavy atom. The minimum absolute atomic E-state index is 0.0649. The molecule has 0 spiro atoms. The number of nitrogens with zero attached hydrogens (tertiary/aromatic N) is 1. The van der Waals surface area contributed by atoms with E-state index in [4.69, 9.17) is 4.74 Å². The van der Waals surface area contributed by atoms with Crippen molar-refractivity contribution in [1.82, 2.24) is 4.90 Å². The first-order valence-corrected chi connectivity index (χ1v) is 5.67. The van der Waals surface area contributed by atoms with Crippen molar-refractivity contribution < 1.29 is 14.3 Å². The second-order valence-electron chi connectivity index (χ2n) is 4.03. The summed E-state index contributed by atoms with van der Waals surface area (Å²) in [5.74, 6) is 0.481. The first kappa shape index (κ1) is 11.6. The third-order valence-corrected chi connectivity index (χ3v) is 2.91. The SMILES string of the molecule is COc1ccccc1CC(=O)N1CCCC1=O. The van der Waals surface area contributed by atoms with Gasteiger partial charge in [0.2, 0.25) is 11.8 Å². The number of hydrogen-bond acceptors (Lipinski definition) is 3. The van der Waals surface area contributed by atoms with Crippen molar-refractivity contribution in [3.63, 3.8) is 0 Å². The summed E-state index contributed by atoms with van der Waals surface area (Å²) in [7, 11) is 1.57. The maximum absolute atomic E-state index is 11.9. The molecule has 1 aromatic rings. The normalized spacial score (nSPS) is 15.1. The van der Waals surface area contributed by atoms with Crippen LogP contribution in [0.2, 0.25) is 0 Å². The first-order chi connectivity index (χ1) is 8.22. The van der Waals surface area contributed by atoms with Crippen LogP contribution in [0.15, 0.2) is 24.3 Å². The van der Waals surface area contributed by atoms with Crippen molar-refractivity contribution in [2.75, 3.05) is 13.7 Å². The number of carbonyl (C=O) groups is 2. The highest BCUT2D eigenvalue weighted by atomic mass is 16.5. The summed E-state index contributed by atoms with van der Waals surface area (Å²) < 4.78 is 5.18. The molecule has 0 aromatic heterocycles. The molecule has 1 aliphatic rings. The molecular formula is C13H15NO3. The Balaban J connectivity index is 2.10. The van der Waals surface area contributed by atoms with Crippen molar-refractivity contribution in [2.24, 2.45) is 0 Å². The third-order valence-electron chi connectivity index (χ3n) is 2.91. The van der Waals surface area contributed by atoms with Gasteiger partial charge in [-0.15, -0.1) is 0 Å². The van der Waals surface area contributed by atoms with Crippen LogP contribution in [0.25, 0.3) is 0 Å². The minimum Gasteiger partial charge on any atom is -0.496 e. The molecule has 0 unspecified atom stereocenters. The molecule has 0 N–H and O–H groups in total. The maximum Gasteiger partial charge on any atom is 0.233 e. The van der Waals surface area contributed by atoms with Crippen LogP contribution in [0.1, 0.15) is 18.4 Å². The number of imide groups is 1. The molecular weight excluding hydrogens is 218 g/mol. The van der Waals surface area contributed by atoms with E-state index in [0.717, 1.165) is 12.0 Å². The molecule has 90 valence electrons. The molecule has 0 atom stereocenters.